The number of ether oxygens (including phenoxy) is 3. The molecule has 0 aliphatic carbocycles. The van der Waals surface area contributed by atoms with Crippen LogP contribution in [0.3, 0.4) is 0 Å². The van der Waals surface area contributed by atoms with Gasteiger partial charge in [-0.2, -0.15) is 0 Å². The molecule has 5 rings (SSSR count). The number of carbonyl (C=O) groups excluding carboxylic acids is 1. The Morgan fingerprint density at radius 2 is 1.63 bits per heavy atom. The van der Waals surface area contributed by atoms with E-state index in [4.69, 9.17) is 14.2 Å². The number of rotatable bonds is 9. The van der Waals surface area contributed by atoms with Crippen LogP contribution < -0.4 is 10.1 Å². The van der Waals surface area contributed by atoms with Gasteiger partial charge in [-0.1, -0.05) is 60.7 Å². The molecule has 1 spiro atoms. The molecule has 182 valence electrons. The molecule has 0 aromatic heterocycles. The fraction of sp³-hybridized carbons (Fsp3) is 0.345. The Bertz CT molecular complexity index is 1080. The Morgan fingerprint density at radius 1 is 0.943 bits per heavy atom. The van der Waals surface area contributed by atoms with E-state index in [9.17, 15) is 4.79 Å². The average molecular weight is 473 g/mol. The molecule has 0 bridgehead atoms. The first kappa shape index (κ1) is 23.5. The molecule has 2 aliphatic rings. The zero-order valence-corrected chi connectivity index (χ0v) is 19.9. The highest BCUT2D eigenvalue weighted by Crippen LogP contribution is 2.37. The summed E-state index contributed by atoms with van der Waals surface area (Å²) in [5.41, 5.74) is 2.70. The minimum Gasteiger partial charge on any atom is -0.489 e. The van der Waals surface area contributed by atoms with E-state index in [1.165, 1.54) is 0 Å². The highest BCUT2D eigenvalue weighted by molar-refractivity contribution is 5.92. The van der Waals surface area contributed by atoms with E-state index in [2.05, 4.69) is 22.3 Å². The maximum atomic E-state index is 12.8. The van der Waals surface area contributed by atoms with E-state index in [0.717, 1.165) is 42.0 Å². The number of nitrogens with one attached hydrogen (secondary N) is 1. The molecule has 0 unspecified atom stereocenters. The predicted octanol–water partition coefficient (Wildman–Crippen LogP) is 4.65. The normalized spacial score (nSPS) is 21.9. The number of hydrogen-bond donors (Lipinski definition) is 1. The monoisotopic (exact) mass is 472 g/mol. The highest BCUT2D eigenvalue weighted by Gasteiger charge is 2.50. The van der Waals surface area contributed by atoms with Crippen molar-refractivity contribution in [1.29, 1.82) is 0 Å². The zero-order valence-electron chi connectivity index (χ0n) is 19.9. The van der Waals surface area contributed by atoms with E-state index in [-0.39, 0.29) is 17.6 Å². The number of benzene rings is 3. The lowest BCUT2D eigenvalue weighted by Gasteiger charge is -2.29. The quantitative estimate of drug-likeness (QED) is 0.491. The smallest absolute Gasteiger partial charge is 0.238 e. The van der Waals surface area contributed by atoms with E-state index >= 15 is 0 Å². The number of hydrogen-bond acceptors (Lipinski definition) is 5. The topological polar surface area (TPSA) is 60.0 Å². The first-order valence-corrected chi connectivity index (χ1v) is 12.3. The molecule has 2 aliphatic heterocycles. The van der Waals surface area contributed by atoms with Crippen molar-refractivity contribution < 1.29 is 19.0 Å². The van der Waals surface area contributed by atoms with Gasteiger partial charge in [0, 0.05) is 25.4 Å². The van der Waals surface area contributed by atoms with Gasteiger partial charge in [-0.3, -0.25) is 9.69 Å². The fourth-order valence-electron chi connectivity index (χ4n) is 4.92. The number of anilines is 1. The van der Waals surface area contributed by atoms with Crippen LogP contribution in [-0.4, -0.2) is 48.8 Å². The van der Waals surface area contributed by atoms with Crippen LogP contribution in [0.1, 0.15) is 24.0 Å². The number of nitrogens with zero attached hydrogens (tertiary/aromatic N) is 1. The van der Waals surface area contributed by atoms with Crippen LogP contribution in [0.4, 0.5) is 5.69 Å². The van der Waals surface area contributed by atoms with Crippen LogP contribution in [0.25, 0.3) is 0 Å². The molecule has 2 fully saturated rings. The van der Waals surface area contributed by atoms with Gasteiger partial charge in [0.15, 0.2) is 0 Å². The largest absolute Gasteiger partial charge is 0.489 e. The first-order valence-electron chi connectivity index (χ1n) is 12.3. The van der Waals surface area contributed by atoms with Crippen LogP contribution >= 0.6 is 0 Å². The first-order chi connectivity index (χ1) is 17.2. The summed E-state index contributed by atoms with van der Waals surface area (Å²) in [4.78, 5) is 14.9. The Balaban J connectivity index is 1.12. The molecule has 2 heterocycles. The van der Waals surface area contributed by atoms with Crippen molar-refractivity contribution in [2.45, 2.75) is 37.8 Å². The standard InChI is InChI=1S/C29H32N2O4/c32-28(30-25-12-14-26(15-13-25)33-20-23-8-3-1-4-9-23)19-31-18-27(29(22-31)16-7-17-35-29)34-21-24-10-5-2-6-11-24/h1-6,8-15,27H,7,16-22H2,(H,30,32)/t27-,29-/m0/s1. The third-order valence-electron chi connectivity index (χ3n) is 6.68. The Morgan fingerprint density at radius 3 is 2.29 bits per heavy atom. The van der Waals surface area contributed by atoms with E-state index in [1.54, 1.807) is 0 Å². The molecule has 2 atom stereocenters. The maximum absolute atomic E-state index is 12.8. The fourth-order valence-corrected chi connectivity index (χ4v) is 4.92. The predicted molar refractivity (Wildman–Crippen MR) is 135 cm³/mol. The van der Waals surface area contributed by atoms with Gasteiger partial charge in [-0.15, -0.1) is 0 Å². The Labute approximate surface area is 206 Å². The van der Waals surface area contributed by atoms with Crippen molar-refractivity contribution in [3.8, 4) is 5.75 Å². The summed E-state index contributed by atoms with van der Waals surface area (Å²) in [5, 5.41) is 3.00. The lowest BCUT2D eigenvalue weighted by molar-refractivity contribution is -0.117. The minimum atomic E-state index is -0.313. The van der Waals surface area contributed by atoms with Crippen molar-refractivity contribution in [2.75, 3.05) is 31.6 Å². The summed E-state index contributed by atoms with van der Waals surface area (Å²) in [7, 11) is 0. The molecular weight excluding hydrogens is 440 g/mol. The van der Waals surface area contributed by atoms with Gasteiger partial charge in [0.2, 0.25) is 5.91 Å². The third kappa shape index (κ3) is 6.09. The van der Waals surface area contributed by atoms with Crippen LogP contribution in [-0.2, 0) is 27.5 Å². The van der Waals surface area contributed by atoms with E-state index in [0.29, 0.717) is 32.8 Å². The second kappa shape index (κ2) is 11.0. The van der Waals surface area contributed by atoms with E-state index < -0.39 is 0 Å². The third-order valence-corrected chi connectivity index (χ3v) is 6.68. The summed E-state index contributed by atoms with van der Waals surface area (Å²) >= 11 is 0. The summed E-state index contributed by atoms with van der Waals surface area (Å²) in [6.45, 7) is 3.53. The molecule has 1 N–H and O–H groups in total. The van der Waals surface area contributed by atoms with Crippen molar-refractivity contribution in [3.63, 3.8) is 0 Å². The molecule has 2 saturated heterocycles. The van der Waals surface area contributed by atoms with Gasteiger partial charge in [-0.05, 0) is 48.2 Å². The molecule has 0 radical (unpaired) electrons. The van der Waals surface area contributed by atoms with Crippen molar-refractivity contribution >= 4 is 11.6 Å². The second-order valence-corrected chi connectivity index (χ2v) is 9.32. The molecule has 6 heteroatoms. The van der Waals surface area contributed by atoms with Crippen molar-refractivity contribution in [2.24, 2.45) is 0 Å². The molecule has 1 amide bonds. The van der Waals surface area contributed by atoms with Crippen LogP contribution in [0.15, 0.2) is 84.9 Å². The summed E-state index contributed by atoms with van der Waals surface area (Å²) in [6, 6.07) is 27.7. The number of carbonyl (C=O) groups is 1. The summed E-state index contributed by atoms with van der Waals surface area (Å²) < 4.78 is 18.3. The van der Waals surface area contributed by atoms with E-state index in [1.807, 2.05) is 72.8 Å². The Kier molecular flexibility index (Phi) is 7.42. The van der Waals surface area contributed by atoms with Gasteiger partial charge in [0.25, 0.3) is 0 Å². The lowest BCUT2D eigenvalue weighted by Crippen LogP contribution is -2.42. The Hall–Kier alpha value is -3.19. The second-order valence-electron chi connectivity index (χ2n) is 9.32. The average Bonchev–Trinajstić information content (AvgIpc) is 3.50. The van der Waals surface area contributed by atoms with Gasteiger partial charge >= 0.3 is 0 Å². The van der Waals surface area contributed by atoms with Crippen LogP contribution in [0.2, 0.25) is 0 Å². The summed E-state index contributed by atoms with van der Waals surface area (Å²) in [6.07, 6.45) is 1.96. The lowest BCUT2D eigenvalue weighted by atomic mass is 9.96. The van der Waals surface area contributed by atoms with Gasteiger partial charge in [0.05, 0.1) is 13.2 Å². The van der Waals surface area contributed by atoms with Gasteiger partial charge < -0.3 is 19.5 Å². The SMILES string of the molecule is O=C(CN1C[C@H](OCc2ccccc2)[C@]2(CCCO2)C1)Nc1ccc(OCc2ccccc2)cc1. The van der Waals surface area contributed by atoms with Crippen LogP contribution in [0, 0.1) is 0 Å². The molecule has 35 heavy (non-hydrogen) atoms. The molecule has 3 aromatic carbocycles. The molecule has 6 nitrogen and oxygen atoms in total. The van der Waals surface area contributed by atoms with Gasteiger partial charge in [-0.25, -0.2) is 0 Å². The maximum Gasteiger partial charge on any atom is 0.238 e. The van der Waals surface area contributed by atoms with Crippen molar-refractivity contribution in [3.05, 3.63) is 96.1 Å². The number of amides is 1. The zero-order chi connectivity index (χ0) is 23.9. The van der Waals surface area contributed by atoms with Crippen molar-refractivity contribution in [1.82, 2.24) is 4.90 Å². The number of likely N-dealkylation sites (tertiary alicyclic amines) is 1. The molecule has 3 aromatic rings. The molecular formula is C29H32N2O4. The van der Waals surface area contributed by atoms with Gasteiger partial charge in [0.1, 0.15) is 24.1 Å². The highest BCUT2D eigenvalue weighted by atomic mass is 16.6. The van der Waals surface area contributed by atoms with Crippen LogP contribution in [0.5, 0.6) is 5.75 Å². The molecule has 0 saturated carbocycles. The minimum absolute atomic E-state index is 0.0418. The summed E-state index contributed by atoms with van der Waals surface area (Å²) in [5.74, 6) is 0.727.